The lowest BCUT2D eigenvalue weighted by atomic mass is 9.81. The Bertz CT molecular complexity index is 1500. The van der Waals surface area contributed by atoms with Gasteiger partial charge in [0.05, 0.1) is 52.2 Å². The standard InChI is InChI=1S/C45H80N6O15.C2H6.CH2O2/c1-5-36(52)27-40(55)46-15-7-6-8-37(45(61)62)51-42(57)30-66-23-21-64-19-17-48-41(56)29-65-22-20-63-18-16-47-38(53)14-9-33(4)50-44(60)35-12-10-34(11-13-35)28-49-39(54)25-31(2)24-32(3)26-43(58)59;1-2;2-1-3/h31-37,52H,5-30H2,1-4H3,(H,46,55)(H,47,53)(H,48,56)(H,49,54)(H,50,60)(H,51,57)(H,58,59)(H,61,62);1-2H3;1H,(H,2,3). The molecule has 6 amide bonds. The van der Waals surface area contributed by atoms with Crippen LogP contribution < -0.4 is 31.9 Å². The molecule has 0 aromatic carbocycles. The minimum absolute atomic E-state index is 0.0106. The van der Waals surface area contributed by atoms with E-state index in [-0.39, 0.29) is 145 Å². The molecule has 0 aliphatic heterocycles. The summed E-state index contributed by atoms with van der Waals surface area (Å²) in [5.41, 5.74) is 0. The van der Waals surface area contributed by atoms with E-state index in [1.165, 1.54) is 0 Å². The topological polar surface area (TPSA) is 344 Å². The molecule has 0 aromatic heterocycles. The molecular weight excluding hydrogens is 933 g/mol. The zero-order chi connectivity index (χ0) is 53.8. The fraction of sp³-hybridized carbons (Fsp3) is 0.812. The van der Waals surface area contributed by atoms with E-state index in [1.54, 1.807) is 6.92 Å². The summed E-state index contributed by atoms with van der Waals surface area (Å²) in [6, 6.07) is -1.26. The van der Waals surface area contributed by atoms with Crippen molar-refractivity contribution in [2.75, 3.05) is 79.0 Å². The number of aliphatic hydroxyl groups excluding tert-OH is 1. The number of unbranched alkanes of at least 4 members (excludes halogenated alkanes) is 1. The normalized spacial score (nSPS) is 16.0. The first-order chi connectivity index (χ1) is 33.9. The summed E-state index contributed by atoms with van der Waals surface area (Å²) in [4.78, 5) is 104. The van der Waals surface area contributed by atoms with Crippen LogP contribution in [-0.2, 0) is 62.1 Å². The van der Waals surface area contributed by atoms with Gasteiger partial charge in [0.2, 0.25) is 35.4 Å². The molecule has 0 radical (unpaired) electrons. The Morgan fingerprint density at radius 1 is 0.620 bits per heavy atom. The third kappa shape index (κ3) is 41.4. The number of amides is 6. The van der Waals surface area contributed by atoms with E-state index in [4.69, 9.17) is 34.0 Å². The van der Waals surface area contributed by atoms with Crippen molar-refractivity contribution in [3.8, 4) is 0 Å². The van der Waals surface area contributed by atoms with Gasteiger partial charge in [-0.15, -0.1) is 0 Å². The fourth-order valence-corrected chi connectivity index (χ4v) is 7.27. The lowest BCUT2D eigenvalue weighted by Crippen LogP contribution is -2.42. The van der Waals surface area contributed by atoms with Gasteiger partial charge >= 0.3 is 11.9 Å². The lowest BCUT2D eigenvalue weighted by Gasteiger charge is -2.29. The van der Waals surface area contributed by atoms with Gasteiger partial charge in [-0.2, -0.15) is 0 Å². The largest absolute Gasteiger partial charge is 0.483 e. The first-order valence-electron chi connectivity index (χ1n) is 25.1. The monoisotopic (exact) mass is 1020 g/mol. The zero-order valence-corrected chi connectivity index (χ0v) is 43.1. The molecule has 0 spiro atoms. The van der Waals surface area contributed by atoms with Crippen LogP contribution in [0.5, 0.6) is 0 Å². The molecule has 1 aliphatic rings. The van der Waals surface area contributed by atoms with Crippen LogP contribution >= 0.6 is 0 Å². The Labute approximate surface area is 419 Å². The Hall–Kier alpha value is -4.97. The molecule has 5 unspecified atom stereocenters. The number of hydrogen-bond donors (Lipinski definition) is 10. The van der Waals surface area contributed by atoms with Crippen LogP contribution in [0.15, 0.2) is 0 Å². The molecular formula is C48H88N6O17. The van der Waals surface area contributed by atoms with Crippen molar-refractivity contribution in [1.29, 1.82) is 0 Å². The SMILES string of the molecule is CC.CCC(O)CC(=O)NCCCCC(NC(=O)COCCOCCNC(=O)COCCOCCNC(=O)CCC(C)NC(=O)C1CCC(CNC(=O)CC(C)CC(C)CC(=O)O)CC1)C(=O)O.O=CO. The van der Waals surface area contributed by atoms with Crippen molar-refractivity contribution >= 4 is 53.9 Å². The van der Waals surface area contributed by atoms with Crippen LogP contribution in [-0.4, -0.2) is 172 Å². The summed E-state index contributed by atoms with van der Waals surface area (Å²) in [7, 11) is 0. The van der Waals surface area contributed by atoms with E-state index in [9.17, 15) is 48.6 Å². The molecule has 1 aliphatic carbocycles. The number of ether oxygens (including phenoxy) is 4. The van der Waals surface area contributed by atoms with Crippen LogP contribution in [0.2, 0.25) is 0 Å². The minimum atomic E-state index is -1.18. The summed E-state index contributed by atoms with van der Waals surface area (Å²) in [6.07, 6.45) is 6.01. The second kappa shape index (κ2) is 44.9. The van der Waals surface area contributed by atoms with E-state index >= 15 is 0 Å². The quantitative estimate of drug-likeness (QED) is 0.0310. The third-order valence-corrected chi connectivity index (χ3v) is 11.0. The van der Waals surface area contributed by atoms with Gasteiger partial charge in [0.25, 0.3) is 6.47 Å². The van der Waals surface area contributed by atoms with E-state index in [1.807, 2.05) is 34.6 Å². The number of carboxylic acids is 2. The molecule has 412 valence electrons. The van der Waals surface area contributed by atoms with Gasteiger partial charge in [0.15, 0.2) is 0 Å². The second-order valence-electron chi connectivity index (χ2n) is 17.4. The fourth-order valence-electron chi connectivity index (χ4n) is 7.27. The number of carboxylic acid groups (broad SMARTS) is 3. The van der Waals surface area contributed by atoms with E-state index in [2.05, 4.69) is 31.9 Å². The first kappa shape index (κ1) is 68.1. The third-order valence-electron chi connectivity index (χ3n) is 11.0. The molecule has 10 N–H and O–H groups in total. The van der Waals surface area contributed by atoms with Gasteiger partial charge in [-0.05, 0) is 88.9 Å². The highest BCUT2D eigenvalue weighted by Crippen LogP contribution is 2.29. The van der Waals surface area contributed by atoms with Gasteiger partial charge in [0.1, 0.15) is 19.3 Å². The average Bonchev–Trinajstić information content (AvgIpc) is 3.31. The van der Waals surface area contributed by atoms with Crippen molar-refractivity contribution in [3.63, 3.8) is 0 Å². The Kier molecular flexibility index (Phi) is 43.1. The van der Waals surface area contributed by atoms with Crippen molar-refractivity contribution in [2.45, 2.75) is 150 Å². The maximum Gasteiger partial charge on any atom is 0.326 e. The van der Waals surface area contributed by atoms with E-state index < -0.39 is 30.0 Å². The number of nitrogens with one attached hydrogen (secondary N) is 6. The summed E-state index contributed by atoms with van der Waals surface area (Å²) >= 11 is 0. The molecule has 1 fully saturated rings. The smallest absolute Gasteiger partial charge is 0.326 e. The van der Waals surface area contributed by atoms with Gasteiger partial charge in [0, 0.05) is 57.4 Å². The number of rotatable bonds is 39. The zero-order valence-electron chi connectivity index (χ0n) is 43.1. The van der Waals surface area contributed by atoms with Crippen LogP contribution in [0.25, 0.3) is 0 Å². The molecule has 0 saturated heterocycles. The molecule has 0 aromatic rings. The molecule has 0 bridgehead atoms. The van der Waals surface area contributed by atoms with Crippen LogP contribution in [0.1, 0.15) is 131 Å². The van der Waals surface area contributed by atoms with E-state index in [0.717, 1.165) is 25.7 Å². The summed E-state index contributed by atoms with van der Waals surface area (Å²) in [5.74, 6) is -3.06. The van der Waals surface area contributed by atoms with Gasteiger partial charge in [-0.1, -0.05) is 34.6 Å². The molecule has 1 rings (SSSR count). The van der Waals surface area contributed by atoms with Crippen LogP contribution in [0.3, 0.4) is 0 Å². The van der Waals surface area contributed by atoms with Crippen molar-refractivity contribution in [2.24, 2.45) is 23.7 Å². The number of aliphatic carboxylic acids is 2. The van der Waals surface area contributed by atoms with Gasteiger partial charge in [-0.25, -0.2) is 4.79 Å². The highest BCUT2D eigenvalue weighted by molar-refractivity contribution is 5.84. The summed E-state index contributed by atoms with van der Waals surface area (Å²) in [5, 5.41) is 51.3. The van der Waals surface area contributed by atoms with Crippen molar-refractivity contribution in [1.82, 2.24) is 31.9 Å². The number of hydrogen-bond acceptors (Lipinski definition) is 14. The maximum absolute atomic E-state index is 12.9. The maximum atomic E-state index is 12.9. The predicted octanol–water partition coefficient (Wildman–Crippen LogP) is 1.76. The molecule has 5 atom stereocenters. The van der Waals surface area contributed by atoms with E-state index in [0.29, 0.717) is 64.1 Å². The van der Waals surface area contributed by atoms with Gasteiger partial charge in [-0.3, -0.25) is 38.4 Å². The molecule has 23 nitrogen and oxygen atoms in total. The molecule has 71 heavy (non-hydrogen) atoms. The highest BCUT2D eigenvalue weighted by atomic mass is 16.5. The summed E-state index contributed by atoms with van der Waals surface area (Å²) in [6.45, 7) is 13.2. The molecule has 23 heteroatoms. The minimum Gasteiger partial charge on any atom is -0.483 e. The van der Waals surface area contributed by atoms with Crippen molar-refractivity contribution in [3.05, 3.63) is 0 Å². The number of carbonyl (C=O) groups excluding carboxylic acids is 6. The Morgan fingerprint density at radius 3 is 1.70 bits per heavy atom. The predicted molar refractivity (Wildman–Crippen MR) is 262 cm³/mol. The molecule has 1 saturated carbocycles. The second-order valence-corrected chi connectivity index (χ2v) is 17.4. The highest BCUT2D eigenvalue weighted by Gasteiger charge is 2.28. The molecule has 0 heterocycles. The number of carbonyl (C=O) groups is 9. The van der Waals surface area contributed by atoms with Crippen molar-refractivity contribution < 1.29 is 82.5 Å². The Balaban J connectivity index is 0. The van der Waals surface area contributed by atoms with Crippen LogP contribution in [0, 0.1) is 23.7 Å². The first-order valence-corrected chi connectivity index (χ1v) is 25.1. The van der Waals surface area contributed by atoms with Gasteiger partial charge < -0.3 is 71.3 Å². The number of aliphatic hydroxyl groups is 1. The summed E-state index contributed by atoms with van der Waals surface area (Å²) < 4.78 is 21.4. The average molecular weight is 1020 g/mol. The van der Waals surface area contributed by atoms with Crippen LogP contribution in [0.4, 0.5) is 0 Å². The Morgan fingerprint density at radius 2 is 1.14 bits per heavy atom. The lowest BCUT2D eigenvalue weighted by molar-refractivity contribution is -0.143.